The third-order valence-electron chi connectivity index (χ3n) is 13.8. The first-order valence-corrected chi connectivity index (χ1v) is 25.0. The lowest BCUT2D eigenvalue weighted by atomic mass is 9.72. The maximum Gasteiger partial charge on any atom is 0.469 e. The van der Waals surface area contributed by atoms with Gasteiger partial charge >= 0.3 is 7.82 Å². The molecule has 2 fully saturated rings. The fourth-order valence-corrected chi connectivity index (χ4v) is 9.46. The van der Waals surface area contributed by atoms with Crippen LogP contribution in [0.15, 0.2) is 63.9 Å². The highest BCUT2D eigenvalue weighted by Gasteiger charge is 2.68. The number of hydrogen-bond acceptors (Lipinski definition) is 16. The summed E-state index contributed by atoms with van der Waals surface area (Å²) in [5.74, 6) is -3.64. The summed E-state index contributed by atoms with van der Waals surface area (Å²) in [6, 6.07) is 1.35. The molecule has 2 saturated heterocycles. The van der Waals surface area contributed by atoms with Crippen LogP contribution in [0.2, 0.25) is 0 Å². The third-order valence-corrected chi connectivity index (χ3v) is 14.3. The molecule has 20 heteroatoms. The summed E-state index contributed by atoms with van der Waals surface area (Å²) in [6.45, 7) is 16.6. The minimum atomic E-state index is -5.15. The molecule has 1 spiro atoms. The number of nitrogens with one attached hydrogen (secondary N) is 2. The normalized spacial score (nSPS) is 27.7. The van der Waals surface area contributed by atoms with E-state index >= 15 is 0 Å². The van der Waals surface area contributed by atoms with Gasteiger partial charge < -0.3 is 69.3 Å². The van der Waals surface area contributed by atoms with E-state index in [2.05, 4.69) is 15.6 Å². The Bertz CT molecular complexity index is 2040. The molecule has 0 bridgehead atoms. The number of hydrogen-bond donors (Lipinski definition) is 9. The first-order valence-electron chi connectivity index (χ1n) is 23.5. The summed E-state index contributed by atoms with van der Waals surface area (Å²) >= 11 is 0. The molecule has 9 N–H and O–H groups in total. The Morgan fingerprint density at radius 1 is 1.09 bits per heavy atom. The van der Waals surface area contributed by atoms with E-state index in [0.29, 0.717) is 18.0 Å². The number of amides is 1. The van der Waals surface area contributed by atoms with Gasteiger partial charge in [-0.05, 0) is 57.9 Å². The predicted octanol–water partition coefficient (Wildman–Crippen LogP) is 4.35. The lowest BCUT2D eigenvalue weighted by molar-refractivity contribution is -0.334. The lowest BCUT2D eigenvalue weighted by Crippen LogP contribution is -2.58. The molecule has 0 unspecified atom stereocenters. The SMILES string of the molecule is CN[C@@H](COC)[C@H](O)[C@H](O)C(=O)NCC[C@H](C)c1nc(/C=C/C[C@@H]2O[C@]3(C[C@@H](O)[C@@H]2C)O[C@H]([C@H](C[C@H](O)[C@H](C)[C@H](O)[C@H](C)/C=C(C)/C(C)=C/C=C/C(C)=C\C#N)OC)[C@@H](OP(=O)(O)O)C3(C)C)co1. The number of nitrogens with zero attached hydrogens (tertiary/aromatic N) is 2. The first-order chi connectivity index (χ1) is 32.3. The molecule has 1 aromatic rings. The van der Waals surface area contributed by atoms with Crippen LogP contribution in [0.3, 0.4) is 0 Å². The van der Waals surface area contributed by atoms with Crippen molar-refractivity contribution in [1.29, 1.82) is 5.26 Å². The number of allylic oxidation sites excluding steroid dienone is 7. The smallest absolute Gasteiger partial charge is 0.448 e. The molecule has 2 aliphatic rings. The van der Waals surface area contributed by atoms with Crippen LogP contribution in [0.4, 0.5) is 0 Å². The standard InChI is InChI=1S/C49H79N4O15P/c1-28(19-21-50)15-13-16-29(2)31(4)23-32(5)41(56)34(7)37(54)24-40(64-12)44-45(68-69(60,61)62)48(8,9)49(67-44)25-38(55)33(6)39(66-49)18-14-17-35-26-65-47(53-35)30(3)20-22-52-46(59)43(58)42(57)36(51-10)27-63-11/h13-17,19,23,26,30,32-34,36-45,51,54-58H,18,20,22,24-25,27H2,1-12H3,(H,52,59)(H2,60,61,62)/b15-13+,17-14+,28-19-,29-16+,31-23+/t30-,32+,33-,34-,36-,37-,38+,39-,40-,41+,42-,43-,44+,45+,49+/m0/s1. The number of aliphatic hydroxyl groups is 5. The van der Waals surface area contributed by atoms with Gasteiger partial charge in [0.25, 0.3) is 5.91 Å². The van der Waals surface area contributed by atoms with Gasteiger partial charge in [0, 0.05) is 68.8 Å². The monoisotopic (exact) mass is 995 g/mol. The number of carbonyl (C=O) groups excluding carboxylic acids is 1. The largest absolute Gasteiger partial charge is 0.469 e. The van der Waals surface area contributed by atoms with Crippen LogP contribution < -0.4 is 10.6 Å². The maximum absolute atomic E-state index is 12.5. The Labute approximate surface area is 407 Å². The average molecular weight is 995 g/mol. The summed E-state index contributed by atoms with van der Waals surface area (Å²) in [4.78, 5) is 37.4. The van der Waals surface area contributed by atoms with Crippen molar-refractivity contribution in [2.75, 3.05) is 34.4 Å². The fraction of sp³-hybridized carbons (Fsp3) is 0.694. The van der Waals surface area contributed by atoms with Crippen molar-refractivity contribution in [2.45, 2.75) is 161 Å². The van der Waals surface area contributed by atoms with Crippen molar-refractivity contribution < 1.29 is 72.6 Å². The molecule has 2 aliphatic heterocycles. The number of aliphatic hydroxyl groups excluding tert-OH is 5. The zero-order valence-electron chi connectivity index (χ0n) is 42.2. The Hall–Kier alpha value is -3.42. The quantitative estimate of drug-likeness (QED) is 0.0354. The minimum Gasteiger partial charge on any atom is -0.448 e. The number of rotatable bonds is 26. The number of phosphoric ester groups is 1. The van der Waals surface area contributed by atoms with Crippen LogP contribution in [0.1, 0.15) is 105 Å². The molecule has 0 aliphatic carbocycles. The van der Waals surface area contributed by atoms with Gasteiger partial charge in [-0.2, -0.15) is 5.26 Å². The highest BCUT2D eigenvalue weighted by Crippen LogP contribution is 2.59. The number of oxazole rings is 1. The summed E-state index contributed by atoms with van der Waals surface area (Å²) in [7, 11) is -0.735. The van der Waals surface area contributed by atoms with Crippen molar-refractivity contribution in [1.82, 2.24) is 15.6 Å². The lowest BCUT2D eigenvalue weighted by Gasteiger charge is -2.50. The number of likely N-dealkylation sites (N-methyl/N-ethyl adjacent to an activating group) is 1. The van der Waals surface area contributed by atoms with E-state index in [9.17, 15) is 44.7 Å². The molecular formula is C49H79N4O15P. The van der Waals surface area contributed by atoms with E-state index in [4.69, 9.17) is 33.2 Å². The van der Waals surface area contributed by atoms with Crippen LogP contribution in [0, 0.1) is 34.5 Å². The van der Waals surface area contributed by atoms with Gasteiger partial charge in [-0.25, -0.2) is 9.55 Å². The topological polar surface area (TPSA) is 296 Å². The zero-order chi connectivity index (χ0) is 52.0. The van der Waals surface area contributed by atoms with Gasteiger partial charge in [-0.3, -0.25) is 9.32 Å². The van der Waals surface area contributed by atoms with Gasteiger partial charge in [0.2, 0.25) is 0 Å². The number of nitriles is 1. The van der Waals surface area contributed by atoms with E-state index in [0.717, 1.165) is 16.7 Å². The third kappa shape index (κ3) is 16.3. The maximum atomic E-state index is 12.5. The first kappa shape index (κ1) is 59.9. The fourth-order valence-electron chi connectivity index (χ4n) is 8.78. The van der Waals surface area contributed by atoms with Crippen LogP contribution in [-0.4, -0.2) is 147 Å². The second-order valence-corrected chi connectivity index (χ2v) is 20.4. The van der Waals surface area contributed by atoms with Gasteiger partial charge in [0.05, 0.1) is 49.2 Å². The molecule has 3 heterocycles. The summed E-state index contributed by atoms with van der Waals surface area (Å²) < 4.78 is 48.1. The minimum absolute atomic E-state index is 0.0646. The van der Waals surface area contributed by atoms with Gasteiger partial charge in [-0.1, -0.05) is 77.5 Å². The zero-order valence-corrected chi connectivity index (χ0v) is 43.1. The van der Waals surface area contributed by atoms with E-state index in [1.54, 1.807) is 33.9 Å². The Balaban J connectivity index is 1.74. The van der Waals surface area contributed by atoms with E-state index in [1.165, 1.54) is 26.6 Å². The molecule has 15 atom stereocenters. The van der Waals surface area contributed by atoms with Crippen molar-refractivity contribution in [2.24, 2.45) is 23.2 Å². The van der Waals surface area contributed by atoms with Crippen molar-refractivity contribution in [3.05, 3.63) is 71.0 Å². The summed E-state index contributed by atoms with van der Waals surface area (Å²) in [5.41, 5.74) is 1.87. The van der Waals surface area contributed by atoms with Crippen molar-refractivity contribution >= 4 is 19.8 Å². The van der Waals surface area contributed by atoms with Crippen molar-refractivity contribution in [3.63, 3.8) is 0 Å². The van der Waals surface area contributed by atoms with E-state index < -0.39 is 97.7 Å². The highest BCUT2D eigenvalue weighted by molar-refractivity contribution is 7.46. The second-order valence-electron chi connectivity index (χ2n) is 19.2. The number of aromatic nitrogens is 1. The molecular weight excluding hydrogens is 916 g/mol. The van der Waals surface area contributed by atoms with Gasteiger partial charge in [-0.15, -0.1) is 0 Å². The predicted molar refractivity (Wildman–Crippen MR) is 258 cm³/mol. The highest BCUT2D eigenvalue weighted by atomic mass is 31.2. The number of ether oxygens (including phenoxy) is 4. The Morgan fingerprint density at radius 2 is 1.77 bits per heavy atom. The van der Waals surface area contributed by atoms with Gasteiger partial charge in [0.1, 0.15) is 30.3 Å². The molecule has 69 heavy (non-hydrogen) atoms. The van der Waals surface area contributed by atoms with E-state index in [1.807, 2.05) is 78.0 Å². The van der Waals surface area contributed by atoms with Crippen LogP contribution >= 0.6 is 7.82 Å². The van der Waals surface area contributed by atoms with Gasteiger partial charge in [0.15, 0.2) is 17.8 Å². The summed E-state index contributed by atoms with van der Waals surface area (Å²) in [5, 5.41) is 69.5. The molecule has 0 aromatic carbocycles. The molecule has 0 radical (unpaired) electrons. The Kier molecular flexibility index (Phi) is 23.3. The molecule has 19 nitrogen and oxygen atoms in total. The molecule has 1 aromatic heterocycles. The molecule has 0 saturated carbocycles. The van der Waals surface area contributed by atoms with Crippen molar-refractivity contribution in [3.8, 4) is 6.07 Å². The second kappa shape index (κ2) is 26.9. The van der Waals surface area contributed by atoms with Crippen LogP contribution in [0.25, 0.3) is 6.08 Å². The summed E-state index contributed by atoms with van der Waals surface area (Å²) in [6.07, 6.45) is 4.07. The molecule has 3 rings (SSSR count). The Morgan fingerprint density at radius 3 is 2.38 bits per heavy atom. The van der Waals surface area contributed by atoms with Crippen LogP contribution in [0.5, 0.6) is 0 Å². The number of phosphoric acid groups is 1. The van der Waals surface area contributed by atoms with E-state index in [-0.39, 0.29) is 44.2 Å². The number of methoxy groups -OCH3 is 2. The van der Waals surface area contributed by atoms with Crippen LogP contribution in [-0.2, 0) is 32.8 Å². The average Bonchev–Trinajstić information content (AvgIpc) is 3.84. The molecule has 1 amide bonds. The molecule has 390 valence electrons. The number of carbonyl (C=O) groups is 1.